The predicted molar refractivity (Wildman–Crippen MR) is 144 cm³/mol. The number of aromatic nitrogens is 3. The van der Waals surface area contributed by atoms with Crippen molar-refractivity contribution in [3.8, 4) is 0 Å². The van der Waals surface area contributed by atoms with Crippen LogP contribution in [0.5, 0.6) is 0 Å². The maximum atomic E-state index is 14.0. The van der Waals surface area contributed by atoms with E-state index in [0.29, 0.717) is 24.5 Å². The maximum Gasteiger partial charge on any atom is 0.260 e. The first-order chi connectivity index (χ1) is 17.0. The van der Waals surface area contributed by atoms with E-state index in [1.807, 2.05) is 10.8 Å². The molecule has 2 aromatic heterocycles. The minimum absolute atomic E-state index is 0.0524. The van der Waals surface area contributed by atoms with Gasteiger partial charge in [0.1, 0.15) is 5.65 Å². The minimum atomic E-state index is 0.0524. The van der Waals surface area contributed by atoms with Crippen LogP contribution in [0.15, 0.2) is 29.2 Å². The lowest BCUT2D eigenvalue weighted by molar-refractivity contribution is 0.295. The Hall–Kier alpha value is -2.71. The van der Waals surface area contributed by atoms with E-state index in [-0.39, 0.29) is 5.56 Å². The van der Waals surface area contributed by atoms with Gasteiger partial charge in [-0.05, 0) is 62.6 Å². The van der Waals surface area contributed by atoms with Crippen molar-refractivity contribution >= 4 is 33.4 Å². The Kier molecular flexibility index (Phi) is 7.20. The van der Waals surface area contributed by atoms with Crippen LogP contribution >= 0.6 is 0 Å². The standard InChI is InChI=1S/C27H39N7O/c1-3-4-11-29-27-30-17-24-22-10-9-21(33-14-12-32(2)13-15-33)16-23(22)26(35)34(25(24)31-27)18-19-5-7-20(28)8-6-19/h9-10,16-17,19-20H,3-8,11-15,18,28H2,1-2H3,(H,29,30,31). The van der Waals surface area contributed by atoms with E-state index in [9.17, 15) is 4.79 Å². The largest absolute Gasteiger partial charge is 0.369 e. The van der Waals surface area contributed by atoms with Gasteiger partial charge in [-0.15, -0.1) is 0 Å². The zero-order valence-corrected chi connectivity index (χ0v) is 21.2. The molecule has 8 heteroatoms. The van der Waals surface area contributed by atoms with E-state index in [2.05, 4.69) is 52.3 Å². The van der Waals surface area contributed by atoms with Gasteiger partial charge in [0.05, 0.1) is 5.39 Å². The highest BCUT2D eigenvalue weighted by Crippen LogP contribution is 2.29. The van der Waals surface area contributed by atoms with Crippen molar-refractivity contribution in [2.24, 2.45) is 11.7 Å². The molecule has 3 heterocycles. The lowest BCUT2D eigenvalue weighted by atomic mass is 9.86. The maximum absolute atomic E-state index is 14.0. The van der Waals surface area contributed by atoms with Gasteiger partial charge in [0.25, 0.3) is 5.56 Å². The molecule has 0 atom stereocenters. The van der Waals surface area contributed by atoms with Gasteiger partial charge < -0.3 is 20.9 Å². The fraction of sp³-hybridized carbons (Fsp3) is 0.593. The number of benzene rings is 1. The predicted octanol–water partition coefficient (Wildman–Crippen LogP) is 3.43. The highest BCUT2D eigenvalue weighted by atomic mass is 16.1. The molecular weight excluding hydrogens is 438 g/mol. The Morgan fingerprint density at radius 3 is 2.57 bits per heavy atom. The number of hydrogen-bond acceptors (Lipinski definition) is 7. The highest BCUT2D eigenvalue weighted by Gasteiger charge is 2.23. The van der Waals surface area contributed by atoms with E-state index < -0.39 is 0 Å². The number of pyridine rings is 1. The molecule has 2 fully saturated rings. The molecule has 0 spiro atoms. The van der Waals surface area contributed by atoms with E-state index in [1.165, 1.54) is 0 Å². The van der Waals surface area contributed by atoms with Crippen molar-refractivity contribution in [2.75, 3.05) is 50.0 Å². The van der Waals surface area contributed by atoms with Gasteiger partial charge in [-0.2, -0.15) is 4.98 Å². The van der Waals surface area contributed by atoms with Gasteiger partial charge in [-0.25, -0.2) is 4.98 Å². The van der Waals surface area contributed by atoms with Crippen LogP contribution in [0.2, 0.25) is 0 Å². The van der Waals surface area contributed by atoms with Crippen molar-refractivity contribution < 1.29 is 0 Å². The molecule has 1 aliphatic heterocycles. The molecule has 0 bridgehead atoms. The van der Waals surface area contributed by atoms with Crippen LogP contribution in [-0.2, 0) is 6.54 Å². The molecule has 5 rings (SSSR count). The lowest BCUT2D eigenvalue weighted by Crippen LogP contribution is -2.44. The number of rotatable bonds is 7. The Labute approximate surface area is 207 Å². The Bertz CT molecular complexity index is 1220. The summed E-state index contributed by atoms with van der Waals surface area (Å²) in [5.74, 6) is 1.04. The number of nitrogens with one attached hydrogen (secondary N) is 1. The van der Waals surface area contributed by atoms with Crippen molar-refractivity contribution in [2.45, 2.75) is 58.0 Å². The second-order valence-corrected chi connectivity index (χ2v) is 10.4. The molecule has 3 N–H and O–H groups in total. The van der Waals surface area contributed by atoms with Gasteiger partial charge in [0, 0.05) is 62.6 Å². The summed E-state index contributed by atoms with van der Waals surface area (Å²) in [6, 6.07) is 6.61. The third-order valence-electron chi connectivity index (χ3n) is 7.81. The second-order valence-electron chi connectivity index (χ2n) is 10.4. The van der Waals surface area contributed by atoms with Crippen LogP contribution in [0.1, 0.15) is 45.4 Å². The number of unbranched alkanes of at least 4 members (excludes halogenated alkanes) is 1. The van der Waals surface area contributed by atoms with E-state index >= 15 is 0 Å². The average Bonchev–Trinajstić information content (AvgIpc) is 2.88. The normalized spacial score (nSPS) is 21.6. The Morgan fingerprint density at radius 2 is 1.83 bits per heavy atom. The summed E-state index contributed by atoms with van der Waals surface area (Å²) in [7, 11) is 2.16. The van der Waals surface area contributed by atoms with Gasteiger partial charge in [0.15, 0.2) is 0 Å². The molecule has 1 saturated carbocycles. The van der Waals surface area contributed by atoms with Crippen LogP contribution in [0, 0.1) is 5.92 Å². The van der Waals surface area contributed by atoms with E-state index in [4.69, 9.17) is 10.7 Å². The summed E-state index contributed by atoms with van der Waals surface area (Å²) in [6.07, 6.45) is 8.22. The summed E-state index contributed by atoms with van der Waals surface area (Å²) in [6.45, 7) is 7.69. The molecule has 8 nitrogen and oxygen atoms in total. The van der Waals surface area contributed by atoms with Gasteiger partial charge in [-0.3, -0.25) is 9.36 Å². The van der Waals surface area contributed by atoms with Crippen LogP contribution in [0.4, 0.5) is 11.6 Å². The second kappa shape index (κ2) is 10.5. The topological polar surface area (TPSA) is 92.3 Å². The molecule has 1 saturated heterocycles. The van der Waals surface area contributed by atoms with Crippen molar-refractivity contribution in [1.82, 2.24) is 19.4 Å². The van der Waals surface area contributed by atoms with Crippen LogP contribution in [0.3, 0.4) is 0 Å². The van der Waals surface area contributed by atoms with E-state index in [1.54, 1.807) is 0 Å². The fourth-order valence-corrected chi connectivity index (χ4v) is 5.48. The first-order valence-electron chi connectivity index (χ1n) is 13.3. The van der Waals surface area contributed by atoms with Crippen molar-refractivity contribution in [3.05, 3.63) is 34.7 Å². The third kappa shape index (κ3) is 5.14. The number of anilines is 2. The number of likely N-dealkylation sites (N-methyl/N-ethyl adjacent to an activating group) is 1. The third-order valence-corrected chi connectivity index (χ3v) is 7.81. The molecule has 1 aromatic carbocycles. The molecule has 0 amide bonds. The number of fused-ring (bicyclic) bond motifs is 3. The molecule has 3 aromatic rings. The molecule has 0 unspecified atom stereocenters. The monoisotopic (exact) mass is 477 g/mol. The molecule has 2 aliphatic rings. The summed E-state index contributed by atoms with van der Waals surface area (Å²) < 4.78 is 1.92. The van der Waals surface area contributed by atoms with Gasteiger partial charge in [0.2, 0.25) is 5.95 Å². The fourth-order valence-electron chi connectivity index (χ4n) is 5.48. The summed E-state index contributed by atoms with van der Waals surface area (Å²) in [4.78, 5) is 28.2. The first kappa shape index (κ1) is 24.0. The SMILES string of the molecule is CCCCNc1ncc2c3ccc(N4CCN(C)CC4)cc3c(=O)n(CC3CCC(N)CC3)c2n1. The van der Waals surface area contributed by atoms with Gasteiger partial charge >= 0.3 is 0 Å². The summed E-state index contributed by atoms with van der Waals surface area (Å²) >= 11 is 0. The Morgan fingerprint density at radius 1 is 1.06 bits per heavy atom. The number of hydrogen-bond donors (Lipinski definition) is 2. The molecule has 0 radical (unpaired) electrons. The summed E-state index contributed by atoms with van der Waals surface area (Å²) in [5, 5.41) is 5.97. The zero-order chi connectivity index (χ0) is 24.4. The number of piperazine rings is 1. The van der Waals surface area contributed by atoms with Crippen LogP contribution in [0.25, 0.3) is 21.8 Å². The Balaban J connectivity index is 1.58. The van der Waals surface area contributed by atoms with Crippen LogP contribution in [-0.4, -0.2) is 65.2 Å². The van der Waals surface area contributed by atoms with Crippen LogP contribution < -0.4 is 21.5 Å². The first-order valence-corrected chi connectivity index (χ1v) is 13.3. The molecule has 1 aliphatic carbocycles. The smallest absolute Gasteiger partial charge is 0.260 e. The minimum Gasteiger partial charge on any atom is -0.369 e. The average molecular weight is 478 g/mol. The van der Waals surface area contributed by atoms with Gasteiger partial charge in [-0.1, -0.05) is 19.4 Å². The molecular formula is C27H39N7O. The van der Waals surface area contributed by atoms with Crippen molar-refractivity contribution in [1.29, 1.82) is 0 Å². The quantitative estimate of drug-likeness (QED) is 0.398. The molecule has 188 valence electrons. The highest BCUT2D eigenvalue weighted by molar-refractivity contribution is 6.05. The number of nitrogens with two attached hydrogens (primary N) is 1. The van der Waals surface area contributed by atoms with Crippen molar-refractivity contribution in [3.63, 3.8) is 0 Å². The molecule has 35 heavy (non-hydrogen) atoms. The summed E-state index contributed by atoms with van der Waals surface area (Å²) in [5.41, 5.74) is 8.06. The number of nitrogens with zero attached hydrogens (tertiary/aromatic N) is 5. The van der Waals surface area contributed by atoms with E-state index in [0.717, 1.165) is 98.7 Å². The lowest BCUT2D eigenvalue weighted by Gasteiger charge is -2.34. The zero-order valence-electron chi connectivity index (χ0n) is 21.2.